The van der Waals surface area contributed by atoms with Crippen LogP contribution in [0.25, 0.3) is 0 Å². The van der Waals surface area contributed by atoms with E-state index in [1.54, 1.807) is 25.1 Å². The third kappa shape index (κ3) is 3.76. The van der Waals surface area contributed by atoms with Crippen molar-refractivity contribution in [3.8, 4) is 11.5 Å². The maximum atomic E-state index is 12.1. The van der Waals surface area contributed by atoms with Crippen LogP contribution in [0.2, 0.25) is 0 Å². The van der Waals surface area contributed by atoms with Crippen molar-refractivity contribution in [2.24, 2.45) is 0 Å². The number of hydrogen-bond donors (Lipinski definition) is 1. The smallest absolute Gasteiger partial charge is 0.381 e. The normalized spacial score (nSPS) is 10.2. The first-order valence-electron chi connectivity index (χ1n) is 6.64. The highest BCUT2D eigenvalue weighted by Crippen LogP contribution is 2.29. The second kappa shape index (κ2) is 6.77. The Morgan fingerprint density at radius 1 is 1.39 bits per heavy atom. The highest BCUT2D eigenvalue weighted by Gasteiger charge is 2.17. The second-order valence-corrected chi connectivity index (χ2v) is 4.65. The summed E-state index contributed by atoms with van der Waals surface area (Å²) in [4.78, 5) is 26.0. The fourth-order valence-corrected chi connectivity index (χ4v) is 1.99. The molecule has 1 N–H and O–H groups in total. The summed E-state index contributed by atoms with van der Waals surface area (Å²) < 4.78 is 11.7. The molecule has 0 aliphatic heterocycles. The van der Waals surface area contributed by atoms with E-state index in [0.717, 1.165) is 0 Å². The van der Waals surface area contributed by atoms with Crippen molar-refractivity contribution in [2.75, 3.05) is 19.5 Å². The molecule has 2 aromatic rings. The van der Waals surface area contributed by atoms with Gasteiger partial charge in [0.1, 0.15) is 24.2 Å². The average Bonchev–Trinajstić information content (AvgIpc) is 2.89. The van der Waals surface area contributed by atoms with E-state index in [9.17, 15) is 14.9 Å². The number of ether oxygens (including phenoxy) is 2. The molecule has 122 valence electrons. The molecule has 23 heavy (non-hydrogen) atoms. The maximum absolute atomic E-state index is 12.1. The number of aromatic nitrogens is 2. The van der Waals surface area contributed by atoms with Gasteiger partial charge in [-0.15, -0.1) is 0 Å². The predicted molar refractivity (Wildman–Crippen MR) is 81.8 cm³/mol. The van der Waals surface area contributed by atoms with Crippen LogP contribution in [0.1, 0.15) is 5.82 Å². The summed E-state index contributed by atoms with van der Waals surface area (Å²) in [5.74, 6) is 0.779. The lowest BCUT2D eigenvalue weighted by molar-refractivity contribution is -0.389. The van der Waals surface area contributed by atoms with Crippen molar-refractivity contribution in [3.05, 3.63) is 40.3 Å². The molecule has 1 amide bonds. The van der Waals surface area contributed by atoms with Crippen LogP contribution in [0.5, 0.6) is 11.5 Å². The zero-order valence-electron chi connectivity index (χ0n) is 12.9. The molecule has 0 saturated carbocycles. The highest BCUT2D eigenvalue weighted by molar-refractivity contribution is 5.92. The van der Waals surface area contributed by atoms with Gasteiger partial charge in [0.2, 0.25) is 11.7 Å². The van der Waals surface area contributed by atoms with Crippen LogP contribution in [-0.4, -0.2) is 34.6 Å². The van der Waals surface area contributed by atoms with Crippen LogP contribution < -0.4 is 14.8 Å². The minimum absolute atomic E-state index is 0.0954. The van der Waals surface area contributed by atoms with E-state index in [1.807, 2.05) is 0 Å². The fourth-order valence-electron chi connectivity index (χ4n) is 1.99. The van der Waals surface area contributed by atoms with Gasteiger partial charge in [0.05, 0.1) is 19.9 Å². The molecule has 0 atom stereocenters. The number of nitro groups is 1. The first kappa shape index (κ1) is 16.3. The van der Waals surface area contributed by atoms with E-state index in [-0.39, 0.29) is 18.3 Å². The van der Waals surface area contributed by atoms with Crippen LogP contribution >= 0.6 is 0 Å². The van der Waals surface area contributed by atoms with Gasteiger partial charge in [-0.1, -0.05) is 0 Å². The summed E-state index contributed by atoms with van der Waals surface area (Å²) in [6.45, 7) is 1.50. The molecule has 1 aromatic carbocycles. The van der Waals surface area contributed by atoms with Gasteiger partial charge in [-0.25, -0.2) is 0 Å². The van der Waals surface area contributed by atoms with Crippen LogP contribution in [0.15, 0.2) is 24.4 Å². The second-order valence-electron chi connectivity index (χ2n) is 4.65. The van der Waals surface area contributed by atoms with Crippen molar-refractivity contribution < 1.29 is 19.2 Å². The lowest BCUT2D eigenvalue weighted by Gasteiger charge is -2.11. The number of hydrogen-bond acceptors (Lipinski definition) is 6. The van der Waals surface area contributed by atoms with Crippen molar-refractivity contribution in [1.82, 2.24) is 9.55 Å². The van der Waals surface area contributed by atoms with Gasteiger partial charge in [0.25, 0.3) is 0 Å². The standard InChI is InChI=1S/C14H16N4O5/c1-9-15-13(18(20)21)7-17(9)8-14(19)16-11-5-4-10(22-2)6-12(11)23-3/h4-7H,8H2,1-3H3,(H,16,19). The number of anilines is 1. The number of imidazole rings is 1. The van der Waals surface area contributed by atoms with Gasteiger partial charge in [0, 0.05) is 13.0 Å². The molecule has 1 aromatic heterocycles. The lowest BCUT2D eigenvalue weighted by Crippen LogP contribution is -2.19. The maximum Gasteiger partial charge on any atom is 0.381 e. The molecular weight excluding hydrogens is 304 g/mol. The zero-order valence-corrected chi connectivity index (χ0v) is 12.9. The molecule has 0 bridgehead atoms. The number of carbonyl (C=O) groups excluding carboxylic acids is 1. The number of nitrogens with zero attached hydrogens (tertiary/aromatic N) is 3. The molecule has 1 heterocycles. The summed E-state index contributed by atoms with van der Waals surface area (Å²) in [7, 11) is 3.01. The summed E-state index contributed by atoms with van der Waals surface area (Å²) >= 11 is 0. The molecule has 9 heteroatoms. The molecule has 0 unspecified atom stereocenters. The predicted octanol–water partition coefficient (Wildman–Crippen LogP) is 1.76. The number of amides is 1. The van der Waals surface area contributed by atoms with Gasteiger partial charge in [0.15, 0.2) is 0 Å². The van der Waals surface area contributed by atoms with Crippen molar-refractivity contribution in [3.63, 3.8) is 0 Å². The van der Waals surface area contributed by atoms with Crippen molar-refractivity contribution in [2.45, 2.75) is 13.5 Å². The number of aryl methyl sites for hydroxylation is 1. The molecule has 0 aliphatic carbocycles. The zero-order chi connectivity index (χ0) is 17.0. The third-order valence-corrected chi connectivity index (χ3v) is 3.15. The van der Waals surface area contributed by atoms with Gasteiger partial charge in [-0.2, -0.15) is 0 Å². The van der Waals surface area contributed by atoms with Gasteiger partial charge >= 0.3 is 5.82 Å². The topological polar surface area (TPSA) is 109 Å². The van der Waals surface area contributed by atoms with Gasteiger partial charge < -0.3 is 24.9 Å². The number of rotatable bonds is 6. The minimum atomic E-state index is -0.603. The quantitative estimate of drug-likeness (QED) is 0.641. The van der Waals surface area contributed by atoms with E-state index >= 15 is 0 Å². The Hall–Kier alpha value is -3.10. The third-order valence-electron chi connectivity index (χ3n) is 3.15. The van der Waals surface area contributed by atoms with Crippen molar-refractivity contribution >= 4 is 17.4 Å². The molecule has 0 saturated heterocycles. The Balaban J connectivity index is 2.12. The minimum Gasteiger partial charge on any atom is -0.497 e. The van der Waals surface area contributed by atoms with Crippen LogP contribution in [-0.2, 0) is 11.3 Å². The summed E-state index contributed by atoms with van der Waals surface area (Å²) in [6, 6.07) is 4.98. The van der Waals surface area contributed by atoms with Gasteiger partial charge in [-0.3, -0.25) is 9.36 Å². The number of carbonyl (C=O) groups is 1. The van der Waals surface area contributed by atoms with Crippen LogP contribution in [0.3, 0.4) is 0 Å². The highest BCUT2D eigenvalue weighted by atomic mass is 16.6. The average molecular weight is 320 g/mol. The monoisotopic (exact) mass is 320 g/mol. The van der Waals surface area contributed by atoms with Gasteiger partial charge in [-0.05, 0) is 22.0 Å². The lowest BCUT2D eigenvalue weighted by atomic mass is 10.2. The Labute approximate surface area is 132 Å². The Kier molecular flexibility index (Phi) is 4.79. The fraction of sp³-hybridized carbons (Fsp3) is 0.286. The van der Waals surface area contributed by atoms with Crippen molar-refractivity contribution in [1.29, 1.82) is 0 Å². The largest absolute Gasteiger partial charge is 0.497 e. The summed E-state index contributed by atoms with van der Waals surface area (Å²) in [6.07, 6.45) is 1.22. The molecule has 9 nitrogen and oxygen atoms in total. The summed E-state index contributed by atoms with van der Waals surface area (Å²) in [5.41, 5.74) is 0.477. The molecular formula is C14H16N4O5. The Morgan fingerprint density at radius 2 is 2.13 bits per heavy atom. The van der Waals surface area contributed by atoms with E-state index in [1.165, 1.54) is 25.0 Å². The van der Waals surface area contributed by atoms with E-state index in [2.05, 4.69) is 10.3 Å². The van der Waals surface area contributed by atoms with E-state index in [4.69, 9.17) is 9.47 Å². The first-order chi connectivity index (χ1) is 10.9. The van der Waals surface area contributed by atoms with Crippen LogP contribution in [0.4, 0.5) is 11.5 Å². The Morgan fingerprint density at radius 3 is 2.70 bits per heavy atom. The number of benzene rings is 1. The molecule has 0 fully saturated rings. The molecule has 0 aliphatic rings. The van der Waals surface area contributed by atoms with E-state index < -0.39 is 4.92 Å². The first-order valence-corrected chi connectivity index (χ1v) is 6.64. The molecule has 0 radical (unpaired) electrons. The Bertz CT molecular complexity index is 741. The molecule has 2 rings (SSSR count). The number of methoxy groups -OCH3 is 2. The SMILES string of the molecule is COc1ccc(NC(=O)Cn2cc([N+](=O)[O-])nc2C)c(OC)c1. The van der Waals surface area contributed by atoms with E-state index in [0.29, 0.717) is 23.0 Å². The molecule has 0 spiro atoms. The van der Waals surface area contributed by atoms with Crippen LogP contribution in [0, 0.1) is 17.0 Å². The number of nitrogens with one attached hydrogen (secondary N) is 1. The summed E-state index contributed by atoms with van der Waals surface area (Å²) in [5, 5.41) is 13.4.